The second-order valence-electron chi connectivity index (χ2n) is 8.16. The molecule has 152 valence electrons. The Morgan fingerprint density at radius 2 is 1.13 bits per heavy atom. The van der Waals surface area contributed by atoms with Crippen molar-refractivity contribution in [1.29, 1.82) is 0 Å². The maximum absolute atomic E-state index is 11.1. The third kappa shape index (κ3) is 3.50. The minimum atomic E-state index is -0.606. The van der Waals surface area contributed by atoms with Gasteiger partial charge in [-0.1, -0.05) is 111 Å². The zero-order valence-corrected chi connectivity index (χ0v) is 18.7. The van der Waals surface area contributed by atoms with Crippen molar-refractivity contribution in [2.24, 2.45) is 0 Å². The van der Waals surface area contributed by atoms with Crippen LogP contribution >= 0.6 is 7.92 Å². The number of benzene rings is 5. The molecule has 5 aromatic rings. The van der Waals surface area contributed by atoms with Crippen LogP contribution in [-0.4, -0.2) is 10.8 Å². The molecule has 1 atom stereocenters. The fraction of sp³-hybridized carbons (Fsp3) is 0.103. The summed E-state index contributed by atoms with van der Waals surface area (Å²) in [4.78, 5) is 0. The average molecular weight is 420 g/mol. The molecule has 0 saturated heterocycles. The fourth-order valence-corrected chi connectivity index (χ4v) is 7.18. The molecule has 1 N–H and O–H groups in total. The van der Waals surface area contributed by atoms with Gasteiger partial charge in [0.2, 0.25) is 0 Å². The Labute approximate surface area is 184 Å². The lowest BCUT2D eigenvalue weighted by molar-refractivity contribution is 0.478. The van der Waals surface area contributed by atoms with Crippen LogP contribution in [0.25, 0.3) is 32.7 Å². The van der Waals surface area contributed by atoms with Gasteiger partial charge in [0.1, 0.15) is 5.75 Å². The van der Waals surface area contributed by atoms with E-state index >= 15 is 0 Å². The largest absolute Gasteiger partial charge is 0.507 e. The molecule has 5 aromatic carbocycles. The van der Waals surface area contributed by atoms with E-state index in [1.807, 2.05) is 12.1 Å². The van der Waals surface area contributed by atoms with Crippen molar-refractivity contribution >= 4 is 40.1 Å². The Bertz CT molecular complexity index is 1370. The summed E-state index contributed by atoms with van der Waals surface area (Å²) in [6, 6.07) is 36.1. The van der Waals surface area contributed by atoms with Gasteiger partial charge in [0.05, 0.1) is 0 Å². The summed E-state index contributed by atoms with van der Waals surface area (Å²) in [6.45, 7) is 4.61. The summed E-state index contributed by atoms with van der Waals surface area (Å²) < 4.78 is 0. The molecule has 0 fully saturated rings. The lowest BCUT2D eigenvalue weighted by Gasteiger charge is -2.27. The number of phenolic OH excluding ortho intramolecular Hbond substituents is 1. The number of phenols is 1. The van der Waals surface area contributed by atoms with Crippen LogP contribution in [0.3, 0.4) is 0 Å². The maximum atomic E-state index is 11.1. The van der Waals surface area contributed by atoms with Gasteiger partial charge in [-0.2, -0.15) is 0 Å². The van der Waals surface area contributed by atoms with E-state index in [2.05, 4.69) is 105 Å². The van der Waals surface area contributed by atoms with Gasteiger partial charge in [-0.25, -0.2) is 0 Å². The molecule has 1 nitrogen and oxygen atoms in total. The molecule has 5 rings (SSSR count). The zero-order chi connectivity index (χ0) is 21.4. The fourth-order valence-electron chi connectivity index (χ4n) is 4.55. The molecule has 31 heavy (non-hydrogen) atoms. The van der Waals surface area contributed by atoms with Crippen molar-refractivity contribution in [2.75, 3.05) is 0 Å². The Balaban J connectivity index is 1.92. The molecule has 0 aromatic heterocycles. The SMILES string of the molecule is CC(C)P(c1ccccc1)c1ccc2ccccc2c1-c1c(O)ccc2ccccc12. The van der Waals surface area contributed by atoms with Crippen molar-refractivity contribution in [3.8, 4) is 16.9 Å². The van der Waals surface area contributed by atoms with Crippen molar-refractivity contribution < 1.29 is 5.11 Å². The zero-order valence-electron chi connectivity index (χ0n) is 17.8. The van der Waals surface area contributed by atoms with Crippen LogP contribution in [-0.2, 0) is 0 Å². The molecule has 0 aliphatic heterocycles. The quantitative estimate of drug-likeness (QED) is 0.305. The second kappa shape index (κ2) is 8.17. The number of hydrogen-bond acceptors (Lipinski definition) is 1. The molecule has 0 radical (unpaired) electrons. The van der Waals surface area contributed by atoms with E-state index in [-0.39, 0.29) is 0 Å². The third-order valence-corrected chi connectivity index (χ3v) is 8.65. The first-order chi connectivity index (χ1) is 15.1. The van der Waals surface area contributed by atoms with Crippen LogP contribution in [0.4, 0.5) is 0 Å². The lowest BCUT2D eigenvalue weighted by atomic mass is 9.93. The van der Waals surface area contributed by atoms with Gasteiger partial charge >= 0.3 is 0 Å². The Kier molecular flexibility index (Phi) is 5.22. The molecule has 0 amide bonds. The van der Waals surface area contributed by atoms with Gasteiger partial charge in [0.15, 0.2) is 0 Å². The van der Waals surface area contributed by atoms with E-state index in [4.69, 9.17) is 0 Å². The van der Waals surface area contributed by atoms with Crippen molar-refractivity contribution in [3.63, 3.8) is 0 Å². The van der Waals surface area contributed by atoms with Crippen molar-refractivity contribution in [2.45, 2.75) is 19.5 Å². The molecule has 1 unspecified atom stereocenters. The van der Waals surface area contributed by atoms with Gasteiger partial charge in [0, 0.05) is 11.1 Å². The smallest absolute Gasteiger partial charge is 0.124 e. The standard InChI is InChI=1S/C29H25OP/c1-20(2)31(23-12-4-3-5-13-23)27-19-17-22-11-7-9-15-25(22)29(27)28-24-14-8-6-10-21(24)16-18-26(28)30/h3-20,30H,1-2H3. The lowest BCUT2D eigenvalue weighted by Crippen LogP contribution is -2.20. The molecule has 0 spiro atoms. The van der Waals surface area contributed by atoms with E-state index in [0.29, 0.717) is 11.4 Å². The highest BCUT2D eigenvalue weighted by atomic mass is 31.1. The first kappa shape index (κ1) is 19.8. The predicted octanol–water partition coefficient (Wildman–Crippen LogP) is 7.21. The van der Waals surface area contributed by atoms with E-state index in [9.17, 15) is 5.11 Å². The van der Waals surface area contributed by atoms with Gasteiger partial charge < -0.3 is 5.11 Å². The van der Waals surface area contributed by atoms with E-state index < -0.39 is 7.92 Å². The summed E-state index contributed by atoms with van der Waals surface area (Å²) in [6.07, 6.45) is 0. The van der Waals surface area contributed by atoms with Crippen molar-refractivity contribution in [3.05, 3.63) is 103 Å². The molecule has 0 heterocycles. The Morgan fingerprint density at radius 3 is 1.77 bits per heavy atom. The normalized spacial score (nSPS) is 12.5. The van der Waals surface area contributed by atoms with Crippen molar-refractivity contribution in [1.82, 2.24) is 0 Å². The predicted molar refractivity (Wildman–Crippen MR) is 136 cm³/mol. The molecule has 0 saturated carbocycles. The molecular formula is C29H25OP. The minimum Gasteiger partial charge on any atom is -0.507 e. The second-order valence-corrected chi connectivity index (χ2v) is 10.9. The summed E-state index contributed by atoms with van der Waals surface area (Å²) in [5, 5.41) is 18.4. The number of hydrogen-bond donors (Lipinski definition) is 1. The summed E-state index contributed by atoms with van der Waals surface area (Å²) in [7, 11) is -0.606. The van der Waals surface area contributed by atoms with Crippen LogP contribution < -0.4 is 10.6 Å². The first-order valence-electron chi connectivity index (χ1n) is 10.7. The molecule has 2 heteroatoms. The molecule has 0 aliphatic rings. The number of rotatable bonds is 4. The van der Waals surface area contributed by atoms with Gasteiger partial charge in [-0.3, -0.25) is 0 Å². The van der Waals surface area contributed by atoms with E-state index in [1.54, 1.807) is 0 Å². The van der Waals surface area contributed by atoms with Gasteiger partial charge in [-0.05, 0) is 51.8 Å². The number of aromatic hydroxyl groups is 1. The molecule has 0 bridgehead atoms. The van der Waals surface area contributed by atoms with E-state index in [1.165, 1.54) is 21.4 Å². The minimum absolute atomic E-state index is 0.336. The summed E-state index contributed by atoms with van der Waals surface area (Å²) in [5.74, 6) is 0.336. The molecular weight excluding hydrogens is 395 g/mol. The first-order valence-corrected chi connectivity index (χ1v) is 12.1. The topological polar surface area (TPSA) is 20.2 Å². The Hall–Kier alpha value is -3.15. The average Bonchev–Trinajstić information content (AvgIpc) is 2.80. The van der Waals surface area contributed by atoms with Gasteiger partial charge in [0.25, 0.3) is 0 Å². The van der Waals surface area contributed by atoms with E-state index in [0.717, 1.165) is 21.9 Å². The van der Waals surface area contributed by atoms with Gasteiger partial charge in [-0.15, -0.1) is 0 Å². The highest BCUT2D eigenvalue weighted by Gasteiger charge is 2.25. The summed E-state index contributed by atoms with van der Waals surface area (Å²) in [5.41, 5.74) is 2.57. The van der Waals surface area contributed by atoms with Crippen LogP contribution in [0, 0.1) is 0 Å². The summed E-state index contributed by atoms with van der Waals surface area (Å²) >= 11 is 0. The highest BCUT2D eigenvalue weighted by molar-refractivity contribution is 7.73. The molecule has 0 aliphatic carbocycles. The maximum Gasteiger partial charge on any atom is 0.124 e. The third-order valence-electron chi connectivity index (χ3n) is 5.87. The van der Waals surface area contributed by atoms with Crippen LogP contribution in [0.1, 0.15) is 13.8 Å². The highest BCUT2D eigenvalue weighted by Crippen LogP contribution is 2.47. The number of fused-ring (bicyclic) bond motifs is 2. The Morgan fingerprint density at radius 1 is 0.581 bits per heavy atom. The van der Waals surface area contributed by atoms with Crippen LogP contribution in [0.5, 0.6) is 5.75 Å². The monoisotopic (exact) mass is 420 g/mol. The van der Waals surface area contributed by atoms with Crippen LogP contribution in [0.15, 0.2) is 103 Å². The van der Waals surface area contributed by atoms with Crippen LogP contribution in [0.2, 0.25) is 0 Å².